The third kappa shape index (κ3) is 3.09. The van der Waals surface area contributed by atoms with Gasteiger partial charge in [-0.3, -0.25) is 0 Å². The molecule has 1 aliphatic carbocycles. The lowest BCUT2D eigenvalue weighted by atomic mass is 9.92. The van der Waals surface area contributed by atoms with Crippen LogP contribution < -0.4 is 5.73 Å². The van der Waals surface area contributed by atoms with E-state index in [2.05, 4.69) is 28.1 Å². The van der Waals surface area contributed by atoms with Gasteiger partial charge in [-0.05, 0) is 43.4 Å². The van der Waals surface area contributed by atoms with Gasteiger partial charge in [-0.25, -0.2) is 0 Å². The molecule has 0 heterocycles. The molecule has 0 saturated carbocycles. The van der Waals surface area contributed by atoms with Gasteiger partial charge in [0.05, 0.1) is 0 Å². The molecule has 3 heteroatoms. The van der Waals surface area contributed by atoms with Crippen molar-refractivity contribution in [1.82, 2.24) is 0 Å². The van der Waals surface area contributed by atoms with Crippen LogP contribution in [0.1, 0.15) is 24.8 Å². The van der Waals surface area contributed by atoms with Crippen molar-refractivity contribution in [2.45, 2.75) is 31.7 Å². The number of hydrogen-bond acceptors (Lipinski definition) is 1. The van der Waals surface area contributed by atoms with Crippen LogP contribution in [0.5, 0.6) is 0 Å². The Bertz CT molecular complexity index is 414. The van der Waals surface area contributed by atoms with Gasteiger partial charge in [0.15, 0.2) is 0 Å². The molecule has 2 rings (SSSR count). The van der Waals surface area contributed by atoms with Gasteiger partial charge in [0.25, 0.3) is 0 Å². The van der Waals surface area contributed by atoms with E-state index in [1.54, 1.807) is 0 Å². The Morgan fingerprint density at radius 3 is 2.94 bits per heavy atom. The molecule has 0 amide bonds. The average Bonchev–Trinajstić information content (AvgIpc) is 2.22. The topological polar surface area (TPSA) is 26.0 Å². The highest BCUT2D eigenvalue weighted by Gasteiger charge is 2.11. The second-order valence-corrected chi connectivity index (χ2v) is 5.62. The van der Waals surface area contributed by atoms with Crippen LogP contribution in [0, 0.1) is 0 Å². The van der Waals surface area contributed by atoms with Gasteiger partial charge < -0.3 is 5.73 Å². The van der Waals surface area contributed by atoms with E-state index < -0.39 is 0 Å². The van der Waals surface area contributed by atoms with Crippen molar-refractivity contribution in [3.8, 4) is 0 Å². The van der Waals surface area contributed by atoms with Gasteiger partial charge >= 0.3 is 0 Å². The molecule has 0 saturated heterocycles. The number of benzene rings is 1. The second-order valence-electron chi connectivity index (χ2n) is 4.29. The molecule has 0 bridgehead atoms. The zero-order chi connectivity index (χ0) is 11.5. The fourth-order valence-corrected chi connectivity index (χ4v) is 2.83. The number of hydrogen-bond donors (Lipinski definition) is 1. The molecule has 0 fully saturated rings. The summed E-state index contributed by atoms with van der Waals surface area (Å²) in [4.78, 5) is 0. The number of halogens is 2. The first-order valence-corrected chi connectivity index (χ1v) is 6.71. The standard InChI is InChI=1S/C13H15BrClN/c14-11-5-4-10(13(15)8-11)6-9-2-1-3-12(16)7-9/h4-5,7-8,12H,1-3,6,16H2. The maximum Gasteiger partial charge on any atom is 0.0452 e. The lowest BCUT2D eigenvalue weighted by Crippen LogP contribution is -2.20. The lowest BCUT2D eigenvalue weighted by molar-refractivity contribution is 0.617. The Labute approximate surface area is 110 Å². The van der Waals surface area contributed by atoms with Crippen LogP contribution in [0.2, 0.25) is 5.02 Å². The zero-order valence-corrected chi connectivity index (χ0v) is 11.4. The Balaban J connectivity index is 2.14. The van der Waals surface area contributed by atoms with E-state index in [0.29, 0.717) is 0 Å². The zero-order valence-electron chi connectivity index (χ0n) is 9.05. The van der Waals surface area contributed by atoms with Gasteiger partial charge in [0.1, 0.15) is 0 Å². The average molecular weight is 301 g/mol. The fraction of sp³-hybridized carbons (Fsp3) is 0.385. The first-order valence-electron chi connectivity index (χ1n) is 5.54. The predicted molar refractivity (Wildman–Crippen MR) is 72.8 cm³/mol. The highest BCUT2D eigenvalue weighted by atomic mass is 79.9. The van der Waals surface area contributed by atoms with Crippen molar-refractivity contribution in [3.05, 3.63) is 44.9 Å². The van der Waals surface area contributed by atoms with E-state index in [-0.39, 0.29) is 6.04 Å². The Kier molecular flexibility index (Phi) is 4.06. The molecule has 0 aliphatic heterocycles. The highest BCUT2D eigenvalue weighted by molar-refractivity contribution is 9.10. The van der Waals surface area contributed by atoms with E-state index in [1.165, 1.54) is 17.6 Å². The van der Waals surface area contributed by atoms with Gasteiger partial charge in [-0.2, -0.15) is 0 Å². The molecule has 1 nitrogen and oxygen atoms in total. The first-order chi connectivity index (χ1) is 7.65. The lowest BCUT2D eigenvalue weighted by Gasteiger charge is -2.18. The van der Waals surface area contributed by atoms with Gasteiger partial charge in [-0.1, -0.05) is 45.2 Å². The van der Waals surface area contributed by atoms with Crippen LogP contribution in [-0.4, -0.2) is 6.04 Å². The molecule has 16 heavy (non-hydrogen) atoms. The maximum absolute atomic E-state index is 6.20. The predicted octanol–water partition coefficient (Wildman–Crippen LogP) is 4.08. The second kappa shape index (κ2) is 5.35. The molecule has 1 atom stereocenters. The fourth-order valence-electron chi connectivity index (χ4n) is 2.09. The third-order valence-corrected chi connectivity index (χ3v) is 3.76. The van der Waals surface area contributed by atoms with Crippen LogP contribution in [0.15, 0.2) is 34.3 Å². The minimum Gasteiger partial charge on any atom is -0.324 e. The summed E-state index contributed by atoms with van der Waals surface area (Å²) in [6.45, 7) is 0. The van der Waals surface area contributed by atoms with Crippen molar-refractivity contribution in [1.29, 1.82) is 0 Å². The minimum atomic E-state index is 0.234. The van der Waals surface area contributed by atoms with E-state index in [9.17, 15) is 0 Å². The van der Waals surface area contributed by atoms with E-state index >= 15 is 0 Å². The molecule has 0 aromatic heterocycles. The largest absolute Gasteiger partial charge is 0.324 e. The van der Waals surface area contributed by atoms with Crippen molar-refractivity contribution in [3.63, 3.8) is 0 Å². The quantitative estimate of drug-likeness (QED) is 0.818. The van der Waals surface area contributed by atoms with Crippen molar-refractivity contribution in [2.24, 2.45) is 5.73 Å². The molecule has 0 spiro atoms. The van der Waals surface area contributed by atoms with Crippen molar-refractivity contribution >= 4 is 27.5 Å². The Hall–Kier alpha value is -0.310. The molecule has 1 aliphatic rings. The van der Waals surface area contributed by atoms with Crippen LogP contribution in [0.25, 0.3) is 0 Å². The Morgan fingerprint density at radius 2 is 2.25 bits per heavy atom. The number of nitrogens with two attached hydrogens (primary N) is 1. The Morgan fingerprint density at radius 1 is 1.44 bits per heavy atom. The summed E-state index contributed by atoms with van der Waals surface area (Å²) >= 11 is 9.61. The van der Waals surface area contributed by atoms with Gasteiger partial charge in [0, 0.05) is 15.5 Å². The van der Waals surface area contributed by atoms with Crippen LogP contribution in [0.3, 0.4) is 0 Å². The summed E-state index contributed by atoms with van der Waals surface area (Å²) < 4.78 is 1.02. The summed E-state index contributed by atoms with van der Waals surface area (Å²) in [5, 5.41) is 0.828. The molecular formula is C13H15BrClN. The van der Waals surface area contributed by atoms with Crippen LogP contribution >= 0.6 is 27.5 Å². The third-order valence-electron chi connectivity index (χ3n) is 2.92. The molecule has 1 aromatic rings. The van der Waals surface area contributed by atoms with Gasteiger partial charge in [-0.15, -0.1) is 0 Å². The summed E-state index contributed by atoms with van der Waals surface area (Å²) in [5.41, 5.74) is 8.53. The van der Waals surface area contributed by atoms with Crippen LogP contribution in [-0.2, 0) is 6.42 Å². The molecular weight excluding hydrogens is 286 g/mol. The molecule has 0 radical (unpaired) electrons. The first kappa shape index (κ1) is 12.2. The maximum atomic E-state index is 6.20. The van der Waals surface area contributed by atoms with Crippen LogP contribution in [0.4, 0.5) is 0 Å². The van der Waals surface area contributed by atoms with Crippen molar-refractivity contribution in [2.75, 3.05) is 0 Å². The minimum absolute atomic E-state index is 0.234. The van der Waals surface area contributed by atoms with Gasteiger partial charge in [0.2, 0.25) is 0 Å². The molecule has 1 aromatic carbocycles. The summed E-state index contributed by atoms with van der Waals surface area (Å²) in [7, 11) is 0. The molecule has 1 unspecified atom stereocenters. The number of allylic oxidation sites excluding steroid dienone is 1. The van der Waals surface area contributed by atoms with E-state index in [0.717, 1.165) is 28.8 Å². The highest BCUT2D eigenvalue weighted by Crippen LogP contribution is 2.26. The van der Waals surface area contributed by atoms with Crippen molar-refractivity contribution < 1.29 is 0 Å². The SMILES string of the molecule is NC1C=C(Cc2ccc(Br)cc2Cl)CCC1. The number of rotatable bonds is 2. The normalized spacial score (nSPS) is 20.7. The smallest absolute Gasteiger partial charge is 0.0452 e. The molecule has 86 valence electrons. The van der Waals surface area contributed by atoms with E-state index in [4.69, 9.17) is 17.3 Å². The summed E-state index contributed by atoms with van der Waals surface area (Å²) in [6, 6.07) is 6.29. The summed E-state index contributed by atoms with van der Waals surface area (Å²) in [5.74, 6) is 0. The summed E-state index contributed by atoms with van der Waals surface area (Å²) in [6.07, 6.45) is 6.58. The molecule has 2 N–H and O–H groups in total. The monoisotopic (exact) mass is 299 g/mol. The van der Waals surface area contributed by atoms with E-state index in [1.807, 2.05) is 12.1 Å².